The van der Waals surface area contributed by atoms with Gasteiger partial charge in [0.25, 0.3) is 0 Å². The predicted molar refractivity (Wildman–Crippen MR) is 87.6 cm³/mol. The molecule has 1 nitrogen and oxygen atoms in total. The molecule has 0 radical (unpaired) electrons. The zero-order chi connectivity index (χ0) is 13.8. The maximum absolute atomic E-state index is 2.47. The summed E-state index contributed by atoms with van der Waals surface area (Å²) in [4.78, 5) is 3.95. The van der Waals surface area contributed by atoms with Crippen molar-refractivity contribution in [2.45, 2.75) is 17.2 Å². The molecule has 104 valence electrons. The number of fused-ring (bicyclic) bond motifs is 1. The van der Waals surface area contributed by atoms with Crippen molar-refractivity contribution in [1.82, 2.24) is 4.90 Å². The van der Waals surface area contributed by atoms with Gasteiger partial charge >= 0.3 is 0 Å². The standard InChI is InChI=1S/C18H21NS/c1-19(12-11-15-7-3-2-4-8-15)13-16-14-20-18-10-6-5-9-17(16)18/h2-10,16H,11-14H2,1H3. The van der Waals surface area contributed by atoms with E-state index in [1.165, 1.54) is 16.2 Å². The molecule has 1 atom stereocenters. The van der Waals surface area contributed by atoms with Crippen molar-refractivity contribution >= 4 is 11.8 Å². The molecular formula is C18H21NS. The molecule has 2 aromatic rings. The van der Waals surface area contributed by atoms with E-state index in [0.29, 0.717) is 5.92 Å². The van der Waals surface area contributed by atoms with Gasteiger partial charge in [0, 0.05) is 29.7 Å². The SMILES string of the molecule is CN(CCc1ccccc1)CC1CSc2ccccc21. The van der Waals surface area contributed by atoms with Crippen molar-refractivity contribution in [2.24, 2.45) is 0 Å². The van der Waals surface area contributed by atoms with Gasteiger partial charge in [-0.3, -0.25) is 0 Å². The minimum absolute atomic E-state index is 0.692. The number of hydrogen-bond donors (Lipinski definition) is 0. The van der Waals surface area contributed by atoms with E-state index in [4.69, 9.17) is 0 Å². The van der Waals surface area contributed by atoms with Crippen molar-refractivity contribution in [3.05, 3.63) is 65.7 Å². The predicted octanol–water partition coefficient (Wildman–Crippen LogP) is 4.05. The van der Waals surface area contributed by atoms with Crippen LogP contribution in [-0.2, 0) is 6.42 Å². The fraction of sp³-hybridized carbons (Fsp3) is 0.333. The van der Waals surface area contributed by atoms with Gasteiger partial charge in [0.1, 0.15) is 0 Å². The lowest BCUT2D eigenvalue weighted by atomic mass is 10.0. The first-order chi connectivity index (χ1) is 9.83. The molecule has 2 aromatic carbocycles. The summed E-state index contributed by atoms with van der Waals surface area (Å²) in [6, 6.07) is 19.6. The number of rotatable bonds is 5. The molecule has 1 unspecified atom stereocenters. The lowest BCUT2D eigenvalue weighted by molar-refractivity contribution is 0.323. The highest BCUT2D eigenvalue weighted by atomic mass is 32.2. The fourth-order valence-electron chi connectivity index (χ4n) is 2.81. The second-order valence-corrected chi connectivity index (χ2v) is 6.61. The van der Waals surface area contributed by atoms with Crippen LogP contribution in [0.2, 0.25) is 0 Å². The Kier molecular flexibility index (Phi) is 4.44. The molecule has 0 fully saturated rings. The molecule has 2 heteroatoms. The molecule has 0 spiro atoms. The van der Waals surface area contributed by atoms with Gasteiger partial charge in [-0.1, -0.05) is 48.5 Å². The average molecular weight is 283 g/mol. The number of hydrogen-bond acceptors (Lipinski definition) is 2. The Morgan fingerprint density at radius 3 is 2.65 bits per heavy atom. The Labute approximate surface area is 126 Å². The Morgan fingerprint density at radius 2 is 1.80 bits per heavy atom. The van der Waals surface area contributed by atoms with E-state index >= 15 is 0 Å². The van der Waals surface area contributed by atoms with Crippen LogP contribution in [0.1, 0.15) is 17.0 Å². The van der Waals surface area contributed by atoms with Crippen LogP contribution < -0.4 is 0 Å². The highest BCUT2D eigenvalue weighted by Crippen LogP contribution is 2.39. The quantitative estimate of drug-likeness (QED) is 0.814. The molecule has 0 aliphatic carbocycles. The molecule has 20 heavy (non-hydrogen) atoms. The minimum Gasteiger partial charge on any atom is -0.305 e. The first-order valence-electron chi connectivity index (χ1n) is 7.27. The molecule has 0 bridgehead atoms. The van der Waals surface area contributed by atoms with Crippen molar-refractivity contribution in [3.63, 3.8) is 0 Å². The summed E-state index contributed by atoms with van der Waals surface area (Å²) in [7, 11) is 2.24. The Morgan fingerprint density at radius 1 is 1.05 bits per heavy atom. The minimum atomic E-state index is 0.692. The molecule has 1 aliphatic heterocycles. The van der Waals surface area contributed by atoms with E-state index in [2.05, 4.69) is 66.5 Å². The van der Waals surface area contributed by atoms with E-state index in [9.17, 15) is 0 Å². The third-order valence-electron chi connectivity index (χ3n) is 3.96. The Balaban J connectivity index is 1.54. The van der Waals surface area contributed by atoms with E-state index in [0.717, 1.165) is 19.5 Å². The molecule has 3 rings (SSSR count). The largest absolute Gasteiger partial charge is 0.305 e. The summed E-state index contributed by atoms with van der Waals surface area (Å²) in [5.41, 5.74) is 2.98. The normalized spacial score (nSPS) is 17.4. The van der Waals surface area contributed by atoms with Crippen LogP contribution >= 0.6 is 11.8 Å². The van der Waals surface area contributed by atoms with Crippen molar-refractivity contribution in [1.29, 1.82) is 0 Å². The average Bonchev–Trinajstić information content (AvgIpc) is 2.90. The van der Waals surface area contributed by atoms with Crippen molar-refractivity contribution < 1.29 is 0 Å². The molecule has 0 saturated carbocycles. The van der Waals surface area contributed by atoms with E-state index in [-0.39, 0.29) is 0 Å². The van der Waals surface area contributed by atoms with Gasteiger partial charge in [-0.25, -0.2) is 0 Å². The number of likely N-dealkylation sites (N-methyl/N-ethyl adjacent to an activating group) is 1. The molecule has 0 amide bonds. The maximum atomic E-state index is 2.47. The summed E-state index contributed by atoms with van der Waals surface area (Å²) in [6.45, 7) is 2.30. The van der Waals surface area contributed by atoms with Gasteiger partial charge in [0.15, 0.2) is 0 Å². The van der Waals surface area contributed by atoms with Crippen LogP contribution in [0.15, 0.2) is 59.5 Å². The summed E-state index contributed by atoms with van der Waals surface area (Å²) in [5, 5.41) is 0. The van der Waals surface area contributed by atoms with Crippen LogP contribution in [-0.4, -0.2) is 30.8 Å². The zero-order valence-electron chi connectivity index (χ0n) is 12.0. The number of thioether (sulfide) groups is 1. The first-order valence-corrected chi connectivity index (χ1v) is 8.25. The van der Waals surface area contributed by atoms with Crippen LogP contribution in [0, 0.1) is 0 Å². The van der Waals surface area contributed by atoms with Gasteiger partial charge in [-0.15, -0.1) is 11.8 Å². The Bertz CT molecular complexity index is 552. The zero-order valence-corrected chi connectivity index (χ0v) is 12.8. The number of benzene rings is 2. The molecule has 1 heterocycles. The highest BCUT2D eigenvalue weighted by Gasteiger charge is 2.23. The molecule has 0 N–H and O–H groups in total. The summed E-state index contributed by atoms with van der Waals surface area (Å²) < 4.78 is 0. The Hall–Kier alpha value is -1.25. The van der Waals surface area contributed by atoms with Crippen molar-refractivity contribution in [3.8, 4) is 0 Å². The fourth-order valence-corrected chi connectivity index (χ4v) is 4.05. The second-order valence-electron chi connectivity index (χ2n) is 5.54. The maximum Gasteiger partial charge on any atom is 0.0108 e. The van der Waals surface area contributed by atoms with Gasteiger partial charge < -0.3 is 4.90 Å². The molecule has 0 aromatic heterocycles. The van der Waals surface area contributed by atoms with Crippen LogP contribution in [0.3, 0.4) is 0 Å². The summed E-state index contributed by atoms with van der Waals surface area (Å²) in [5.74, 6) is 1.92. The van der Waals surface area contributed by atoms with Gasteiger partial charge in [0.05, 0.1) is 0 Å². The van der Waals surface area contributed by atoms with Crippen LogP contribution in [0.5, 0.6) is 0 Å². The van der Waals surface area contributed by atoms with Crippen LogP contribution in [0.4, 0.5) is 0 Å². The summed E-state index contributed by atoms with van der Waals surface area (Å²) >= 11 is 2.01. The van der Waals surface area contributed by atoms with E-state index in [1.807, 2.05) is 11.8 Å². The summed E-state index contributed by atoms with van der Waals surface area (Å²) in [6.07, 6.45) is 1.14. The molecule has 1 aliphatic rings. The second kappa shape index (κ2) is 6.47. The topological polar surface area (TPSA) is 3.24 Å². The van der Waals surface area contributed by atoms with Crippen molar-refractivity contribution in [2.75, 3.05) is 25.9 Å². The third-order valence-corrected chi connectivity index (χ3v) is 5.21. The van der Waals surface area contributed by atoms with Gasteiger partial charge in [-0.05, 0) is 30.7 Å². The monoisotopic (exact) mass is 283 g/mol. The lowest BCUT2D eigenvalue weighted by Crippen LogP contribution is -2.26. The van der Waals surface area contributed by atoms with Crippen LogP contribution in [0.25, 0.3) is 0 Å². The lowest BCUT2D eigenvalue weighted by Gasteiger charge is -2.21. The van der Waals surface area contributed by atoms with E-state index < -0.39 is 0 Å². The van der Waals surface area contributed by atoms with Gasteiger partial charge in [0.2, 0.25) is 0 Å². The third kappa shape index (κ3) is 3.25. The molecule has 0 saturated heterocycles. The number of nitrogens with zero attached hydrogens (tertiary/aromatic N) is 1. The first kappa shape index (κ1) is 13.7. The van der Waals surface area contributed by atoms with E-state index in [1.54, 1.807) is 5.56 Å². The molecular weight excluding hydrogens is 262 g/mol. The smallest absolute Gasteiger partial charge is 0.0108 e. The highest BCUT2D eigenvalue weighted by molar-refractivity contribution is 7.99. The van der Waals surface area contributed by atoms with Gasteiger partial charge in [-0.2, -0.15) is 0 Å².